The zero-order valence-corrected chi connectivity index (χ0v) is 13.4. The maximum absolute atomic E-state index is 12.3. The van der Waals surface area contributed by atoms with Gasteiger partial charge in [0.2, 0.25) is 10.0 Å². The average molecular weight is 315 g/mol. The molecule has 1 aromatic rings. The van der Waals surface area contributed by atoms with E-state index in [1.807, 2.05) is 13.8 Å². The highest BCUT2D eigenvalue weighted by Gasteiger charge is 2.21. The van der Waals surface area contributed by atoms with Crippen LogP contribution in [0.3, 0.4) is 0 Å². The minimum atomic E-state index is -3.76. The Kier molecular flexibility index (Phi) is 5.74. The van der Waals surface area contributed by atoms with Crippen LogP contribution in [0.2, 0.25) is 0 Å². The summed E-state index contributed by atoms with van der Waals surface area (Å²) in [6, 6.07) is 3.54. The van der Waals surface area contributed by atoms with E-state index in [2.05, 4.69) is 4.72 Å². The molecule has 1 unspecified atom stereocenters. The van der Waals surface area contributed by atoms with Crippen molar-refractivity contribution in [1.29, 1.82) is 0 Å². The van der Waals surface area contributed by atoms with Gasteiger partial charge in [-0.1, -0.05) is 13.8 Å². The molecule has 1 atom stereocenters. The first-order valence-corrected chi connectivity index (χ1v) is 8.09. The van der Waals surface area contributed by atoms with Crippen LogP contribution in [0, 0.1) is 5.92 Å². The minimum absolute atomic E-state index is 0.0868. The summed E-state index contributed by atoms with van der Waals surface area (Å²) in [5.41, 5.74) is -0.183. The summed E-state index contributed by atoms with van der Waals surface area (Å²) in [4.78, 5) is 11.0. The molecule has 6 nitrogen and oxygen atoms in total. The number of nitrogens with one attached hydrogen (secondary N) is 1. The average Bonchev–Trinajstić information content (AvgIpc) is 2.35. The fourth-order valence-corrected chi connectivity index (χ4v) is 3.39. The van der Waals surface area contributed by atoms with E-state index >= 15 is 0 Å². The van der Waals surface area contributed by atoms with Crippen LogP contribution in [-0.4, -0.2) is 32.6 Å². The molecule has 118 valence electrons. The summed E-state index contributed by atoms with van der Waals surface area (Å²) in [5, 5.41) is 9.09. The van der Waals surface area contributed by atoms with Crippen LogP contribution in [-0.2, 0) is 10.0 Å². The standard InChI is InChI=1S/C14H21NO5S/c1-9(2)7-10(3)15-21(18,19)11-5-6-13(20-4)12(8-11)14(16)17/h5-6,8-10,15H,7H2,1-4H3,(H,16,17). The van der Waals surface area contributed by atoms with Crippen molar-refractivity contribution >= 4 is 16.0 Å². The van der Waals surface area contributed by atoms with Gasteiger partial charge in [0.1, 0.15) is 11.3 Å². The maximum Gasteiger partial charge on any atom is 0.339 e. The van der Waals surface area contributed by atoms with Gasteiger partial charge in [-0.3, -0.25) is 0 Å². The highest BCUT2D eigenvalue weighted by molar-refractivity contribution is 7.89. The van der Waals surface area contributed by atoms with E-state index in [0.717, 1.165) is 6.07 Å². The second-order valence-electron chi connectivity index (χ2n) is 5.32. The molecule has 0 aliphatic heterocycles. The first-order valence-electron chi connectivity index (χ1n) is 6.61. The van der Waals surface area contributed by atoms with Gasteiger partial charge in [-0.25, -0.2) is 17.9 Å². The van der Waals surface area contributed by atoms with Crippen molar-refractivity contribution in [2.75, 3.05) is 7.11 Å². The Morgan fingerprint density at radius 1 is 1.33 bits per heavy atom. The molecule has 0 saturated carbocycles. The first-order chi connectivity index (χ1) is 9.67. The van der Waals surface area contributed by atoms with Gasteiger partial charge in [0.25, 0.3) is 0 Å². The molecule has 0 spiro atoms. The number of benzene rings is 1. The highest BCUT2D eigenvalue weighted by Crippen LogP contribution is 2.22. The number of ether oxygens (including phenoxy) is 1. The lowest BCUT2D eigenvalue weighted by atomic mass is 10.1. The number of hydrogen-bond donors (Lipinski definition) is 2. The molecule has 1 rings (SSSR count). The summed E-state index contributed by atoms with van der Waals surface area (Å²) in [6.45, 7) is 5.78. The van der Waals surface area contributed by atoms with E-state index in [0.29, 0.717) is 12.3 Å². The zero-order chi connectivity index (χ0) is 16.2. The lowest BCUT2D eigenvalue weighted by Crippen LogP contribution is -2.33. The molecule has 21 heavy (non-hydrogen) atoms. The SMILES string of the molecule is COc1ccc(S(=O)(=O)NC(C)CC(C)C)cc1C(=O)O. The first kappa shape index (κ1) is 17.5. The fraction of sp³-hybridized carbons (Fsp3) is 0.500. The van der Waals surface area contributed by atoms with Crippen LogP contribution in [0.1, 0.15) is 37.6 Å². The van der Waals surface area contributed by atoms with Crippen LogP contribution in [0.4, 0.5) is 0 Å². The van der Waals surface area contributed by atoms with E-state index in [1.54, 1.807) is 6.92 Å². The van der Waals surface area contributed by atoms with Gasteiger partial charge in [0.15, 0.2) is 0 Å². The predicted octanol–water partition coefficient (Wildman–Crippen LogP) is 2.11. The van der Waals surface area contributed by atoms with Crippen molar-refractivity contribution in [2.45, 2.75) is 38.1 Å². The number of carboxylic acid groups (broad SMARTS) is 1. The van der Waals surface area contributed by atoms with Crippen LogP contribution < -0.4 is 9.46 Å². The van der Waals surface area contributed by atoms with Gasteiger partial charge in [0, 0.05) is 6.04 Å². The van der Waals surface area contributed by atoms with Crippen LogP contribution in [0.15, 0.2) is 23.1 Å². The smallest absolute Gasteiger partial charge is 0.339 e. The zero-order valence-electron chi connectivity index (χ0n) is 12.6. The molecule has 0 aromatic heterocycles. The molecule has 0 fully saturated rings. The molecular weight excluding hydrogens is 294 g/mol. The molecule has 2 N–H and O–H groups in total. The van der Waals surface area contributed by atoms with Gasteiger partial charge < -0.3 is 9.84 Å². The van der Waals surface area contributed by atoms with Crippen molar-refractivity contribution in [1.82, 2.24) is 4.72 Å². The van der Waals surface area contributed by atoms with Gasteiger partial charge in [-0.2, -0.15) is 0 Å². The highest BCUT2D eigenvalue weighted by atomic mass is 32.2. The summed E-state index contributed by atoms with van der Waals surface area (Å²) in [6.07, 6.45) is 0.696. The van der Waals surface area contributed by atoms with Crippen molar-refractivity contribution < 1.29 is 23.1 Å². The molecule has 0 saturated heterocycles. The molecule has 1 aromatic carbocycles. The van der Waals surface area contributed by atoms with Crippen LogP contribution in [0.25, 0.3) is 0 Å². The van der Waals surface area contributed by atoms with E-state index in [-0.39, 0.29) is 22.3 Å². The molecule has 7 heteroatoms. The van der Waals surface area contributed by atoms with Crippen molar-refractivity contribution in [2.24, 2.45) is 5.92 Å². The molecule has 0 bridgehead atoms. The third-order valence-electron chi connectivity index (χ3n) is 2.89. The minimum Gasteiger partial charge on any atom is -0.496 e. The normalized spacial score (nSPS) is 13.2. The number of sulfonamides is 1. The second kappa shape index (κ2) is 6.91. The Morgan fingerprint density at radius 2 is 1.95 bits per heavy atom. The number of carbonyl (C=O) groups is 1. The topological polar surface area (TPSA) is 92.7 Å². The van der Waals surface area contributed by atoms with Crippen molar-refractivity contribution in [3.63, 3.8) is 0 Å². The molecule has 0 aliphatic carbocycles. The molecule has 0 radical (unpaired) electrons. The second-order valence-corrected chi connectivity index (χ2v) is 7.03. The number of hydrogen-bond acceptors (Lipinski definition) is 4. The Labute approximate surface area is 125 Å². The number of methoxy groups -OCH3 is 1. The summed E-state index contributed by atoms with van der Waals surface area (Å²) in [7, 11) is -2.42. The summed E-state index contributed by atoms with van der Waals surface area (Å²) >= 11 is 0. The molecular formula is C14H21NO5S. The fourth-order valence-electron chi connectivity index (χ4n) is 2.11. The number of aromatic carboxylic acids is 1. The van der Waals surface area contributed by atoms with Crippen LogP contribution >= 0.6 is 0 Å². The lowest BCUT2D eigenvalue weighted by Gasteiger charge is -2.16. The van der Waals surface area contributed by atoms with Gasteiger partial charge in [0.05, 0.1) is 12.0 Å². The number of rotatable bonds is 7. The van der Waals surface area contributed by atoms with E-state index in [9.17, 15) is 13.2 Å². The van der Waals surface area contributed by atoms with E-state index < -0.39 is 16.0 Å². The summed E-state index contributed by atoms with van der Waals surface area (Å²) in [5.74, 6) is -0.760. The Bertz CT molecular complexity index is 610. The molecule has 0 aliphatic rings. The predicted molar refractivity (Wildman–Crippen MR) is 79.2 cm³/mol. The van der Waals surface area contributed by atoms with Gasteiger partial charge in [-0.15, -0.1) is 0 Å². The van der Waals surface area contributed by atoms with E-state index in [1.165, 1.54) is 19.2 Å². The largest absolute Gasteiger partial charge is 0.496 e. The molecule has 0 amide bonds. The Balaban J connectivity index is 3.09. The molecule has 0 heterocycles. The third kappa shape index (κ3) is 4.71. The van der Waals surface area contributed by atoms with Gasteiger partial charge >= 0.3 is 5.97 Å². The van der Waals surface area contributed by atoms with Crippen molar-refractivity contribution in [3.8, 4) is 5.75 Å². The van der Waals surface area contributed by atoms with Gasteiger partial charge in [-0.05, 0) is 37.5 Å². The Hall–Kier alpha value is -1.60. The Morgan fingerprint density at radius 3 is 2.43 bits per heavy atom. The number of carboxylic acids is 1. The van der Waals surface area contributed by atoms with E-state index in [4.69, 9.17) is 9.84 Å². The third-order valence-corrected chi connectivity index (χ3v) is 4.48. The lowest BCUT2D eigenvalue weighted by molar-refractivity contribution is 0.0693. The maximum atomic E-state index is 12.3. The van der Waals surface area contributed by atoms with Crippen molar-refractivity contribution in [3.05, 3.63) is 23.8 Å². The monoisotopic (exact) mass is 315 g/mol. The summed E-state index contributed by atoms with van der Waals surface area (Å²) < 4.78 is 32.0. The van der Waals surface area contributed by atoms with Crippen LogP contribution in [0.5, 0.6) is 5.75 Å². The quantitative estimate of drug-likeness (QED) is 0.804.